The quantitative estimate of drug-likeness (QED) is 0.0852. The third-order valence-electron chi connectivity index (χ3n) is 6.72. The monoisotopic (exact) mass is 571 g/mol. The maximum Gasteiger partial charge on any atom is 0.252 e. The smallest absolute Gasteiger partial charge is 0.252 e. The van der Waals surface area contributed by atoms with Crippen molar-refractivity contribution >= 4 is 17.5 Å². The predicted molar refractivity (Wildman–Crippen MR) is 158 cm³/mol. The molecular formula is C31H33N5O6. The minimum atomic E-state index is -1.46. The first kappa shape index (κ1) is 30.0. The average molecular weight is 572 g/mol. The molecule has 0 aliphatic carbocycles. The van der Waals surface area contributed by atoms with Crippen molar-refractivity contribution in [2.45, 2.75) is 31.0 Å². The molecule has 3 aromatic rings. The molecule has 0 radical (unpaired) electrons. The number of nitrogens with one attached hydrogen (secondary N) is 1. The second-order valence-electron chi connectivity index (χ2n) is 9.43. The molecule has 1 amide bonds. The number of amides is 1. The molecular weight excluding hydrogens is 538 g/mol. The van der Waals surface area contributed by atoms with Crippen LogP contribution in [-0.4, -0.2) is 49.9 Å². The van der Waals surface area contributed by atoms with Gasteiger partial charge in [0.25, 0.3) is 5.91 Å². The standard InChI is InChI=1S/C31H33N5O6/c1-4-14-31(30(38)33-20-21-17-24(39-2)19-25(18-21)40-3)28(26-8-5-6-9-27(26)35-36-32)42-29(34-31)22-10-12-23(13-11-22)41-16-7-15-37/h4-6,8-13,17-19,28,37H,1,7,14-16,20H2,2-3H3,(H,33,38)/t28-,31-/m1/s1. The molecule has 0 spiro atoms. The van der Waals surface area contributed by atoms with Crippen molar-refractivity contribution < 1.29 is 28.8 Å². The fraction of sp³-hybridized carbons (Fsp3) is 0.290. The fourth-order valence-corrected chi connectivity index (χ4v) is 4.66. The van der Waals surface area contributed by atoms with Crippen molar-refractivity contribution in [1.29, 1.82) is 0 Å². The summed E-state index contributed by atoms with van der Waals surface area (Å²) >= 11 is 0. The Bertz CT molecular complexity index is 1460. The van der Waals surface area contributed by atoms with Crippen LogP contribution in [0.5, 0.6) is 17.2 Å². The number of aliphatic imine (C=N–C) groups is 1. The van der Waals surface area contributed by atoms with E-state index in [4.69, 9.17) is 29.0 Å². The van der Waals surface area contributed by atoms with E-state index in [1.165, 1.54) is 0 Å². The van der Waals surface area contributed by atoms with E-state index in [9.17, 15) is 10.3 Å². The Labute approximate surface area is 244 Å². The van der Waals surface area contributed by atoms with Crippen LogP contribution in [0.4, 0.5) is 5.69 Å². The Kier molecular flexibility index (Phi) is 10.0. The molecule has 11 heteroatoms. The zero-order chi connectivity index (χ0) is 30.0. The highest BCUT2D eigenvalue weighted by molar-refractivity contribution is 6.01. The lowest BCUT2D eigenvalue weighted by molar-refractivity contribution is -0.129. The highest BCUT2D eigenvalue weighted by Gasteiger charge is 2.53. The summed E-state index contributed by atoms with van der Waals surface area (Å²) < 4.78 is 22.8. The van der Waals surface area contributed by atoms with Gasteiger partial charge in [0.15, 0.2) is 11.6 Å². The molecule has 42 heavy (non-hydrogen) atoms. The van der Waals surface area contributed by atoms with Gasteiger partial charge < -0.3 is 29.4 Å². The minimum Gasteiger partial charge on any atom is -0.497 e. The third-order valence-corrected chi connectivity index (χ3v) is 6.72. The Morgan fingerprint density at radius 3 is 2.50 bits per heavy atom. The molecule has 1 heterocycles. The summed E-state index contributed by atoms with van der Waals surface area (Å²) in [4.78, 5) is 22.0. The number of aliphatic hydroxyl groups is 1. The fourth-order valence-electron chi connectivity index (χ4n) is 4.66. The van der Waals surface area contributed by atoms with Gasteiger partial charge in [-0.25, -0.2) is 4.99 Å². The number of benzene rings is 3. The first-order valence-corrected chi connectivity index (χ1v) is 13.3. The van der Waals surface area contributed by atoms with Gasteiger partial charge in [-0.05, 0) is 47.5 Å². The first-order chi connectivity index (χ1) is 20.5. The van der Waals surface area contributed by atoms with Crippen LogP contribution in [-0.2, 0) is 16.1 Å². The van der Waals surface area contributed by atoms with Gasteiger partial charge in [0.05, 0.1) is 20.8 Å². The van der Waals surface area contributed by atoms with Crippen molar-refractivity contribution in [1.82, 2.24) is 5.32 Å². The van der Waals surface area contributed by atoms with E-state index in [0.29, 0.717) is 47.1 Å². The second kappa shape index (κ2) is 14.1. The Hall–Kier alpha value is -4.99. The van der Waals surface area contributed by atoms with Crippen LogP contribution in [0.1, 0.15) is 35.6 Å². The largest absolute Gasteiger partial charge is 0.497 e. The zero-order valence-corrected chi connectivity index (χ0v) is 23.5. The van der Waals surface area contributed by atoms with Crippen LogP contribution in [0.15, 0.2) is 89.5 Å². The molecule has 0 saturated carbocycles. The molecule has 218 valence electrons. The van der Waals surface area contributed by atoms with Crippen LogP contribution in [0.2, 0.25) is 0 Å². The molecule has 0 fully saturated rings. The lowest BCUT2D eigenvalue weighted by Gasteiger charge is -2.30. The molecule has 1 aliphatic heterocycles. The van der Waals surface area contributed by atoms with Crippen molar-refractivity contribution in [3.05, 3.63) is 107 Å². The van der Waals surface area contributed by atoms with Crippen molar-refractivity contribution in [3.8, 4) is 17.2 Å². The van der Waals surface area contributed by atoms with E-state index in [1.54, 1.807) is 87.0 Å². The lowest BCUT2D eigenvalue weighted by Crippen LogP contribution is -2.47. The molecule has 2 N–H and O–H groups in total. The van der Waals surface area contributed by atoms with Gasteiger partial charge in [0.1, 0.15) is 17.2 Å². The summed E-state index contributed by atoms with van der Waals surface area (Å²) in [6.07, 6.45) is 1.35. The molecule has 3 aromatic carbocycles. The van der Waals surface area contributed by atoms with Gasteiger partial charge in [-0.15, -0.1) is 6.58 Å². The summed E-state index contributed by atoms with van der Waals surface area (Å²) in [7, 11) is 3.11. The van der Waals surface area contributed by atoms with E-state index in [0.717, 1.165) is 5.56 Å². The summed E-state index contributed by atoms with van der Waals surface area (Å²) in [6, 6.07) is 19.4. The van der Waals surface area contributed by atoms with Crippen LogP contribution >= 0.6 is 0 Å². The minimum absolute atomic E-state index is 0.0419. The van der Waals surface area contributed by atoms with Gasteiger partial charge >= 0.3 is 0 Å². The average Bonchev–Trinajstić information content (AvgIpc) is 3.41. The molecule has 0 bridgehead atoms. The number of hydrogen-bond donors (Lipinski definition) is 2. The lowest BCUT2D eigenvalue weighted by atomic mass is 9.83. The van der Waals surface area contributed by atoms with E-state index in [1.807, 2.05) is 0 Å². The summed E-state index contributed by atoms with van der Waals surface area (Å²) in [6.45, 7) is 4.48. The SMILES string of the molecule is C=CC[C@@]1(C(=O)NCc2cc(OC)cc(OC)c2)N=C(c2ccc(OCCCO)cc2)O[C@@H]1c1ccccc1N=[N+]=[N-]. The van der Waals surface area contributed by atoms with Crippen LogP contribution in [0.3, 0.4) is 0 Å². The Balaban J connectivity index is 1.72. The maximum absolute atomic E-state index is 14.1. The number of ether oxygens (including phenoxy) is 4. The summed E-state index contributed by atoms with van der Waals surface area (Å²) in [5, 5.41) is 15.8. The topological polar surface area (TPSA) is 147 Å². The van der Waals surface area contributed by atoms with Crippen molar-refractivity contribution in [3.63, 3.8) is 0 Å². The van der Waals surface area contributed by atoms with E-state index in [-0.39, 0.29) is 25.5 Å². The van der Waals surface area contributed by atoms with Crippen LogP contribution < -0.4 is 19.5 Å². The van der Waals surface area contributed by atoms with Crippen molar-refractivity contribution in [2.24, 2.45) is 10.1 Å². The van der Waals surface area contributed by atoms with Gasteiger partial charge in [-0.2, -0.15) is 0 Å². The van der Waals surface area contributed by atoms with E-state index >= 15 is 0 Å². The number of carbonyl (C=O) groups excluding carboxylic acids is 1. The number of carbonyl (C=O) groups is 1. The molecule has 0 saturated heterocycles. The van der Waals surface area contributed by atoms with Gasteiger partial charge in [-0.1, -0.05) is 35.5 Å². The number of rotatable bonds is 14. The van der Waals surface area contributed by atoms with Crippen LogP contribution in [0, 0.1) is 0 Å². The third kappa shape index (κ3) is 6.65. The summed E-state index contributed by atoms with van der Waals surface area (Å²) in [5.41, 5.74) is 9.98. The molecule has 4 rings (SSSR count). The highest BCUT2D eigenvalue weighted by Crippen LogP contribution is 2.45. The number of aliphatic hydroxyl groups excluding tert-OH is 1. The molecule has 0 unspecified atom stereocenters. The highest BCUT2D eigenvalue weighted by atomic mass is 16.5. The van der Waals surface area contributed by atoms with Crippen molar-refractivity contribution in [2.75, 3.05) is 27.4 Å². The normalized spacial score (nSPS) is 17.3. The second-order valence-corrected chi connectivity index (χ2v) is 9.43. The molecule has 1 aliphatic rings. The molecule has 0 aromatic heterocycles. The first-order valence-electron chi connectivity index (χ1n) is 13.3. The predicted octanol–water partition coefficient (Wildman–Crippen LogP) is 5.56. The van der Waals surface area contributed by atoms with Gasteiger partial charge in [0.2, 0.25) is 5.90 Å². The molecule has 11 nitrogen and oxygen atoms in total. The summed E-state index contributed by atoms with van der Waals surface area (Å²) in [5.74, 6) is 1.66. The van der Waals surface area contributed by atoms with E-state index < -0.39 is 17.6 Å². The number of hydrogen-bond acceptors (Lipinski definition) is 8. The number of methoxy groups -OCH3 is 2. The van der Waals surface area contributed by atoms with Gasteiger partial charge in [-0.3, -0.25) is 4.79 Å². The number of azide groups is 1. The van der Waals surface area contributed by atoms with E-state index in [2.05, 4.69) is 21.9 Å². The zero-order valence-electron chi connectivity index (χ0n) is 23.5. The Morgan fingerprint density at radius 2 is 1.86 bits per heavy atom. The Morgan fingerprint density at radius 1 is 1.14 bits per heavy atom. The maximum atomic E-state index is 14.1. The van der Waals surface area contributed by atoms with Crippen LogP contribution in [0.25, 0.3) is 10.4 Å². The number of nitrogens with zero attached hydrogens (tertiary/aromatic N) is 4. The van der Waals surface area contributed by atoms with Gasteiger partial charge in [0, 0.05) is 53.8 Å². The molecule has 2 atom stereocenters.